The molecule has 1 atom stereocenters. The molecule has 7 heteroatoms. The lowest BCUT2D eigenvalue weighted by atomic mass is 10.0. The molecule has 0 fully saturated rings. The van der Waals surface area contributed by atoms with Gasteiger partial charge in [0.2, 0.25) is 0 Å². The molecular formula is C26H38N2O4Si. The molecule has 33 heavy (non-hydrogen) atoms. The lowest BCUT2D eigenvalue weighted by molar-refractivity contribution is -0.112. The zero-order valence-electron chi connectivity index (χ0n) is 20.6. The highest BCUT2D eigenvalue weighted by Gasteiger charge is 2.46. The third kappa shape index (κ3) is 7.54. The topological polar surface area (TPSA) is 68.8 Å². The SMILES string of the molecule is C=C(C)C(=O)Nc1ccc(-c2ccccc2NCCC(C)[Si](OCC)(OCC)OCC)cc1. The summed E-state index contributed by atoms with van der Waals surface area (Å²) in [6.07, 6.45) is 0.867. The van der Waals surface area contributed by atoms with Crippen LogP contribution in [0.4, 0.5) is 11.4 Å². The van der Waals surface area contributed by atoms with E-state index in [9.17, 15) is 4.79 Å². The largest absolute Gasteiger partial charge is 0.503 e. The maximum Gasteiger partial charge on any atom is 0.503 e. The molecule has 2 rings (SSSR count). The van der Waals surface area contributed by atoms with Crippen LogP contribution in [0.3, 0.4) is 0 Å². The van der Waals surface area contributed by atoms with E-state index in [0.29, 0.717) is 25.4 Å². The Hall–Kier alpha value is -2.45. The van der Waals surface area contributed by atoms with E-state index >= 15 is 0 Å². The van der Waals surface area contributed by atoms with Gasteiger partial charge in [-0.15, -0.1) is 0 Å². The third-order valence-electron chi connectivity index (χ3n) is 5.30. The number of anilines is 2. The first-order chi connectivity index (χ1) is 15.9. The highest BCUT2D eigenvalue weighted by Crippen LogP contribution is 2.31. The molecule has 2 N–H and O–H groups in total. The number of carbonyl (C=O) groups excluding carboxylic acids is 1. The van der Waals surface area contributed by atoms with Crippen LogP contribution in [-0.2, 0) is 18.1 Å². The second-order valence-electron chi connectivity index (χ2n) is 7.88. The van der Waals surface area contributed by atoms with E-state index in [1.54, 1.807) is 6.92 Å². The molecule has 6 nitrogen and oxygen atoms in total. The minimum Gasteiger partial charge on any atom is -0.385 e. The molecule has 0 heterocycles. The van der Waals surface area contributed by atoms with Crippen molar-refractivity contribution in [1.29, 1.82) is 0 Å². The molecule has 2 aromatic rings. The van der Waals surface area contributed by atoms with Crippen LogP contribution in [-0.4, -0.2) is 41.1 Å². The molecule has 0 saturated heterocycles. The van der Waals surface area contributed by atoms with Crippen LogP contribution in [0.5, 0.6) is 0 Å². The van der Waals surface area contributed by atoms with Crippen molar-refractivity contribution in [2.45, 2.75) is 46.6 Å². The van der Waals surface area contributed by atoms with Crippen molar-refractivity contribution in [2.75, 3.05) is 37.0 Å². The van der Waals surface area contributed by atoms with Gasteiger partial charge in [-0.3, -0.25) is 4.79 Å². The van der Waals surface area contributed by atoms with Gasteiger partial charge in [0, 0.05) is 54.4 Å². The van der Waals surface area contributed by atoms with Crippen molar-refractivity contribution in [3.05, 3.63) is 60.7 Å². The first-order valence-corrected chi connectivity index (χ1v) is 13.5. The summed E-state index contributed by atoms with van der Waals surface area (Å²) in [5.41, 5.74) is 4.63. The molecule has 0 aromatic heterocycles. The molecule has 0 aliphatic rings. The number of nitrogens with one attached hydrogen (secondary N) is 2. The van der Waals surface area contributed by atoms with E-state index < -0.39 is 8.80 Å². The van der Waals surface area contributed by atoms with Crippen LogP contribution in [0.1, 0.15) is 41.0 Å². The average Bonchev–Trinajstić information content (AvgIpc) is 2.80. The van der Waals surface area contributed by atoms with Gasteiger partial charge in [0.25, 0.3) is 5.91 Å². The van der Waals surface area contributed by atoms with Gasteiger partial charge in [-0.25, -0.2) is 0 Å². The fraction of sp³-hybridized carbons (Fsp3) is 0.423. The maximum absolute atomic E-state index is 11.8. The zero-order chi connectivity index (χ0) is 24.3. The number of hydrogen-bond acceptors (Lipinski definition) is 5. The number of amides is 1. The van der Waals surface area contributed by atoms with Crippen LogP contribution >= 0.6 is 0 Å². The van der Waals surface area contributed by atoms with Crippen LogP contribution in [0.25, 0.3) is 11.1 Å². The van der Waals surface area contributed by atoms with Gasteiger partial charge in [0.15, 0.2) is 0 Å². The number of para-hydroxylation sites is 1. The van der Waals surface area contributed by atoms with E-state index in [2.05, 4.69) is 36.3 Å². The molecule has 180 valence electrons. The lowest BCUT2D eigenvalue weighted by Gasteiger charge is -2.33. The van der Waals surface area contributed by atoms with Gasteiger partial charge in [-0.05, 0) is 57.9 Å². The fourth-order valence-corrected chi connectivity index (χ4v) is 6.42. The molecule has 0 saturated carbocycles. The first-order valence-electron chi connectivity index (χ1n) is 11.7. The number of benzene rings is 2. The summed E-state index contributed by atoms with van der Waals surface area (Å²) in [5.74, 6) is -0.176. The Labute approximate surface area is 199 Å². The summed E-state index contributed by atoms with van der Waals surface area (Å²) >= 11 is 0. The molecular weight excluding hydrogens is 432 g/mol. The zero-order valence-corrected chi connectivity index (χ0v) is 21.6. The maximum atomic E-state index is 11.8. The quantitative estimate of drug-likeness (QED) is 0.258. The Morgan fingerprint density at radius 2 is 1.55 bits per heavy atom. The van der Waals surface area contributed by atoms with Gasteiger partial charge in [-0.2, -0.15) is 0 Å². The Morgan fingerprint density at radius 3 is 2.09 bits per heavy atom. The second kappa shape index (κ2) is 13.3. The summed E-state index contributed by atoms with van der Waals surface area (Å²) in [6.45, 7) is 16.0. The van der Waals surface area contributed by atoms with Gasteiger partial charge < -0.3 is 23.9 Å². The molecule has 0 bridgehead atoms. The Bertz CT molecular complexity index is 884. The summed E-state index contributed by atoms with van der Waals surface area (Å²) in [6, 6.07) is 16.0. The monoisotopic (exact) mass is 470 g/mol. The van der Waals surface area contributed by atoms with E-state index in [1.165, 1.54) is 0 Å². The normalized spacial score (nSPS) is 12.3. The Kier molecular flexibility index (Phi) is 10.8. The van der Waals surface area contributed by atoms with E-state index in [4.69, 9.17) is 13.3 Å². The number of carbonyl (C=O) groups is 1. The molecule has 0 aliphatic heterocycles. The molecule has 1 unspecified atom stereocenters. The predicted molar refractivity (Wildman–Crippen MR) is 138 cm³/mol. The van der Waals surface area contributed by atoms with Gasteiger partial charge in [0.1, 0.15) is 0 Å². The fourth-order valence-electron chi connectivity index (χ4n) is 3.62. The van der Waals surface area contributed by atoms with Crippen molar-refractivity contribution in [3.63, 3.8) is 0 Å². The second-order valence-corrected chi connectivity index (χ2v) is 10.9. The summed E-state index contributed by atoms with van der Waals surface area (Å²) < 4.78 is 18.2. The standard InChI is InChI=1S/C26H38N2O4Si/c1-7-30-33(31-8-2,32-9-3)21(6)18-19-27-25-13-11-10-12-24(25)22-14-16-23(17-15-22)28-26(29)20(4)5/h10-17,21,27H,4,7-9,18-19H2,1-3,5-6H3,(H,28,29). The van der Waals surface area contributed by atoms with E-state index in [0.717, 1.165) is 35.5 Å². The van der Waals surface area contributed by atoms with Crippen molar-refractivity contribution >= 4 is 26.1 Å². The van der Waals surface area contributed by atoms with Crippen LogP contribution in [0.2, 0.25) is 5.54 Å². The minimum atomic E-state index is -2.72. The molecule has 1 amide bonds. The predicted octanol–water partition coefficient (Wildman–Crippen LogP) is 6.11. The van der Waals surface area contributed by atoms with Crippen molar-refractivity contribution in [2.24, 2.45) is 0 Å². The Balaban J connectivity index is 2.08. The average molecular weight is 471 g/mol. The first kappa shape index (κ1) is 26.8. The van der Waals surface area contributed by atoms with Crippen molar-refractivity contribution in [1.82, 2.24) is 0 Å². The van der Waals surface area contributed by atoms with Crippen LogP contribution in [0, 0.1) is 0 Å². The highest BCUT2D eigenvalue weighted by atomic mass is 28.4. The summed E-state index contributed by atoms with van der Waals surface area (Å²) in [5, 5.41) is 6.42. The number of hydrogen-bond donors (Lipinski definition) is 2. The minimum absolute atomic E-state index is 0.174. The molecule has 0 aliphatic carbocycles. The molecule has 0 radical (unpaired) electrons. The smallest absolute Gasteiger partial charge is 0.385 e. The van der Waals surface area contributed by atoms with Gasteiger partial charge >= 0.3 is 8.80 Å². The van der Waals surface area contributed by atoms with E-state index in [-0.39, 0.29) is 11.4 Å². The number of rotatable bonds is 14. The summed E-state index contributed by atoms with van der Waals surface area (Å²) in [4.78, 5) is 11.8. The van der Waals surface area contributed by atoms with Crippen molar-refractivity contribution in [3.8, 4) is 11.1 Å². The van der Waals surface area contributed by atoms with Crippen LogP contribution in [0.15, 0.2) is 60.7 Å². The van der Waals surface area contributed by atoms with Crippen LogP contribution < -0.4 is 10.6 Å². The molecule has 2 aromatic carbocycles. The third-order valence-corrected chi connectivity index (χ3v) is 8.87. The van der Waals surface area contributed by atoms with Gasteiger partial charge in [-0.1, -0.05) is 43.8 Å². The van der Waals surface area contributed by atoms with E-state index in [1.807, 2.05) is 57.2 Å². The summed E-state index contributed by atoms with van der Waals surface area (Å²) in [7, 11) is -2.72. The highest BCUT2D eigenvalue weighted by molar-refractivity contribution is 6.62. The van der Waals surface area contributed by atoms with Crippen molar-refractivity contribution < 1.29 is 18.1 Å². The van der Waals surface area contributed by atoms with Gasteiger partial charge in [0.05, 0.1) is 0 Å². The molecule has 0 spiro atoms. The Morgan fingerprint density at radius 1 is 0.970 bits per heavy atom. The lowest BCUT2D eigenvalue weighted by Crippen LogP contribution is -2.50.